The molecule has 0 aromatic heterocycles. The average molecular weight is 392 g/mol. The highest BCUT2D eigenvalue weighted by atomic mass is 35.5. The molecule has 7 heteroatoms. The zero-order chi connectivity index (χ0) is 18.5. The van der Waals surface area contributed by atoms with E-state index in [9.17, 15) is 14.0 Å². The quantitative estimate of drug-likeness (QED) is 0.749. The van der Waals surface area contributed by atoms with Gasteiger partial charge in [-0.3, -0.25) is 9.59 Å². The fraction of sp³-hybridized carbons (Fsp3) is 0.300. The molecule has 1 saturated heterocycles. The predicted molar refractivity (Wildman–Crippen MR) is 106 cm³/mol. The van der Waals surface area contributed by atoms with Crippen molar-refractivity contribution >= 4 is 29.9 Å². The Labute approximate surface area is 164 Å². The van der Waals surface area contributed by atoms with Crippen molar-refractivity contribution in [1.82, 2.24) is 10.6 Å². The number of anilines is 1. The lowest BCUT2D eigenvalue weighted by molar-refractivity contribution is 0.0928. The number of halogens is 2. The van der Waals surface area contributed by atoms with E-state index in [2.05, 4.69) is 16.0 Å². The van der Waals surface area contributed by atoms with E-state index in [4.69, 9.17) is 0 Å². The summed E-state index contributed by atoms with van der Waals surface area (Å²) in [6.45, 7) is 3.61. The summed E-state index contributed by atoms with van der Waals surface area (Å²) in [5.74, 6) is -1.29. The Hall–Kier alpha value is -2.44. The number of hydrogen-bond acceptors (Lipinski definition) is 3. The topological polar surface area (TPSA) is 70.2 Å². The van der Waals surface area contributed by atoms with Gasteiger partial charge in [0, 0.05) is 17.3 Å². The minimum absolute atomic E-state index is 0. The molecule has 0 aliphatic carbocycles. The Morgan fingerprint density at radius 3 is 2.48 bits per heavy atom. The van der Waals surface area contributed by atoms with Gasteiger partial charge in [0.25, 0.3) is 11.8 Å². The highest BCUT2D eigenvalue weighted by molar-refractivity contribution is 6.05. The van der Waals surface area contributed by atoms with E-state index in [0.29, 0.717) is 11.3 Å². The van der Waals surface area contributed by atoms with Crippen molar-refractivity contribution in [3.8, 4) is 0 Å². The molecule has 2 amide bonds. The van der Waals surface area contributed by atoms with Gasteiger partial charge < -0.3 is 16.0 Å². The Bertz CT molecular complexity index is 823. The van der Waals surface area contributed by atoms with Gasteiger partial charge in [-0.05, 0) is 62.7 Å². The molecule has 3 rings (SSSR count). The maximum absolute atomic E-state index is 13.8. The van der Waals surface area contributed by atoms with Crippen LogP contribution in [0.5, 0.6) is 0 Å². The molecule has 1 aliphatic rings. The first-order chi connectivity index (χ1) is 12.5. The summed E-state index contributed by atoms with van der Waals surface area (Å²) >= 11 is 0. The number of rotatable bonds is 4. The molecule has 27 heavy (non-hydrogen) atoms. The van der Waals surface area contributed by atoms with E-state index >= 15 is 0 Å². The Kier molecular flexibility index (Phi) is 7.33. The molecule has 0 atom stereocenters. The van der Waals surface area contributed by atoms with Crippen LogP contribution in [0.1, 0.15) is 39.1 Å². The first-order valence-electron chi connectivity index (χ1n) is 8.72. The molecule has 0 bridgehead atoms. The summed E-state index contributed by atoms with van der Waals surface area (Å²) in [5, 5.41) is 8.98. The smallest absolute Gasteiger partial charge is 0.258 e. The monoisotopic (exact) mass is 391 g/mol. The maximum Gasteiger partial charge on any atom is 0.258 e. The average Bonchev–Trinajstić information content (AvgIpc) is 2.64. The molecule has 0 saturated carbocycles. The van der Waals surface area contributed by atoms with Crippen LogP contribution in [0.15, 0.2) is 42.5 Å². The van der Waals surface area contributed by atoms with Gasteiger partial charge in [-0.25, -0.2) is 4.39 Å². The van der Waals surface area contributed by atoms with E-state index in [1.165, 1.54) is 18.2 Å². The van der Waals surface area contributed by atoms with Crippen molar-refractivity contribution < 1.29 is 14.0 Å². The molecular weight excluding hydrogens is 369 g/mol. The summed E-state index contributed by atoms with van der Waals surface area (Å²) in [4.78, 5) is 24.8. The molecule has 144 valence electrons. The van der Waals surface area contributed by atoms with Crippen LogP contribution in [0, 0.1) is 12.7 Å². The molecule has 3 N–H and O–H groups in total. The third-order valence-corrected chi connectivity index (χ3v) is 4.54. The van der Waals surface area contributed by atoms with Crippen LogP contribution in [-0.2, 0) is 0 Å². The molecule has 2 aromatic rings. The zero-order valence-electron chi connectivity index (χ0n) is 15.0. The standard InChI is InChI=1S/C20H22FN3O2.ClH/c1-13-6-7-14(19(25)23-15-8-10-22-11-9-15)12-18(13)24-20(26)16-4-2-3-5-17(16)21;/h2-7,12,15,22H,8-11H2,1H3,(H,23,25)(H,24,26);1H. The van der Waals surface area contributed by atoms with Crippen LogP contribution in [-0.4, -0.2) is 30.9 Å². The van der Waals surface area contributed by atoms with Crippen molar-refractivity contribution in [2.24, 2.45) is 0 Å². The molecule has 0 radical (unpaired) electrons. The largest absolute Gasteiger partial charge is 0.349 e. The first-order valence-corrected chi connectivity index (χ1v) is 8.72. The Morgan fingerprint density at radius 1 is 1.07 bits per heavy atom. The Morgan fingerprint density at radius 2 is 1.78 bits per heavy atom. The minimum Gasteiger partial charge on any atom is -0.349 e. The summed E-state index contributed by atoms with van der Waals surface area (Å²) in [6.07, 6.45) is 1.79. The number of hydrogen-bond donors (Lipinski definition) is 3. The summed E-state index contributed by atoms with van der Waals surface area (Å²) in [7, 11) is 0. The van der Waals surface area contributed by atoms with Crippen LogP contribution in [0.4, 0.5) is 10.1 Å². The summed E-state index contributed by atoms with van der Waals surface area (Å²) in [6, 6.07) is 11.1. The summed E-state index contributed by atoms with van der Waals surface area (Å²) < 4.78 is 13.8. The third kappa shape index (κ3) is 5.28. The SMILES string of the molecule is Cc1ccc(C(=O)NC2CCNCC2)cc1NC(=O)c1ccccc1F.Cl. The van der Waals surface area contributed by atoms with Crippen molar-refractivity contribution in [2.75, 3.05) is 18.4 Å². The van der Waals surface area contributed by atoms with E-state index in [-0.39, 0.29) is 29.9 Å². The van der Waals surface area contributed by atoms with E-state index in [0.717, 1.165) is 31.5 Å². The van der Waals surface area contributed by atoms with Gasteiger partial charge in [0.2, 0.25) is 0 Å². The lowest BCUT2D eigenvalue weighted by Crippen LogP contribution is -2.42. The molecule has 1 aliphatic heterocycles. The van der Waals surface area contributed by atoms with Crippen LogP contribution < -0.4 is 16.0 Å². The molecule has 1 fully saturated rings. The van der Waals surface area contributed by atoms with Crippen LogP contribution in [0.3, 0.4) is 0 Å². The van der Waals surface area contributed by atoms with Crippen LogP contribution in [0.2, 0.25) is 0 Å². The number of carbonyl (C=O) groups excluding carboxylic acids is 2. The molecule has 0 unspecified atom stereocenters. The second-order valence-corrected chi connectivity index (χ2v) is 6.46. The second-order valence-electron chi connectivity index (χ2n) is 6.46. The first kappa shape index (κ1) is 20.9. The Balaban J connectivity index is 0.00000261. The van der Waals surface area contributed by atoms with E-state index in [1.54, 1.807) is 24.3 Å². The van der Waals surface area contributed by atoms with Crippen molar-refractivity contribution in [3.63, 3.8) is 0 Å². The normalized spacial score (nSPS) is 14.1. The van der Waals surface area contributed by atoms with Crippen molar-refractivity contribution in [2.45, 2.75) is 25.8 Å². The van der Waals surface area contributed by atoms with Crippen LogP contribution >= 0.6 is 12.4 Å². The molecule has 5 nitrogen and oxygen atoms in total. The fourth-order valence-electron chi connectivity index (χ4n) is 2.97. The van der Waals surface area contributed by atoms with Crippen molar-refractivity contribution in [3.05, 3.63) is 65.0 Å². The number of aryl methyl sites for hydroxylation is 1. The van der Waals surface area contributed by atoms with Gasteiger partial charge in [-0.15, -0.1) is 12.4 Å². The number of nitrogens with one attached hydrogen (secondary N) is 3. The van der Waals surface area contributed by atoms with Gasteiger partial charge in [0.15, 0.2) is 0 Å². The molecular formula is C20H23ClFN3O2. The van der Waals surface area contributed by atoms with E-state index < -0.39 is 11.7 Å². The van der Waals surface area contributed by atoms with Gasteiger partial charge in [-0.1, -0.05) is 18.2 Å². The number of carbonyl (C=O) groups is 2. The highest BCUT2D eigenvalue weighted by Gasteiger charge is 2.18. The predicted octanol–water partition coefficient (Wildman–Crippen LogP) is 3.29. The molecule has 2 aromatic carbocycles. The zero-order valence-corrected chi connectivity index (χ0v) is 15.9. The summed E-state index contributed by atoms with van der Waals surface area (Å²) in [5.41, 5.74) is 1.73. The number of benzene rings is 2. The minimum atomic E-state index is -0.581. The lowest BCUT2D eigenvalue weighted by Gasteiger charge is -2.23. The lowest BCUT2D eigenvalue weighted by atomic mass is 10.0. The molecule has 0 spiro atoms. The molecule has 1 heterocycles. The second kappa shape index (κ2) is 9.48. The van der Waals surface area contributed by atoms with Gasteiger partial charge in [0.05, 0.1) is 5.56 Å². The van der Waals surface area contributed by atoms with E-state index in [1.807, 2.05) is 6.92 Å². The highest BCUT2D eigenvalue weighted by Crippen LogP contribution is 2.19. The third-order valence-electron chi connectivity index (χ3n) is 4.54. The fourth-order valence-corrected chi connectivity index (χ4v) is 2.97. The van der Waals surface area contributed by atoms with Gasteiger partial charge in [0.1, 0.15) is 5.82 Å². The number of piperidine rings is 1. The number of amides is 2. The van der Waals surface area contributed by atoms with Crippen LogP contribution in [0.25, 0.3) is 0 Å². The van der Waals surface area contributed by atoms with Gasteiger partial charge in [-0.2, -0.15) is 0 Å². The van der Waals surface area contributed by atoms with Gasteiger partial charge >= 0.3 is 0 Å². The van der Waals surface area contributed by atoms with Crippen molar-refractivity contribution in [1.29, 1.82) is 0 Å². The maximum atomic E-state index is 13.8.